The molecule has 21 heavy (non-hydrogen) atoms. The van der Waals surface area contributed by atoms with Gasteiger partial charge in [0, 0.05) is 11.6 Å². The van der Waals surface area contributed by atoms with Crippen LogP contribution in [0.1, 0.15) is 5.56 Å². The number of hydrogen-bond acceptors (Lipinski definition) is 2. The first kappa shape index (κ1) is 13.4. The molecule has 0 aromatic heterocycles. The lowest BCUT2D eigenvalue weighted by molar-refractivity contribution is -0.125. The minimum absolute atomic E-state index is 0.0327. The van der Waals surface area contributed by atoms with Crippen molar-refractivity contribution >= 4 is 17.2 Å². The largest absolute Gasteiger partial charge is 0.444 e. The molecule has 2 aromatic rings. The Labute approximate surface area is 119 Å². The van der Waals surface area contributed by atoms with Gasteiger partial charge in [0.05, 0.1) is 5.69 Å². The Morgan fingerprint density at radius 2 is 1.57 bits per heavy atom. The van der Waals surface area contributed by atoms with Crippen molar-refractivity contribution in [3.63, 3.8) is 0 Å². The van der Waals surface area contributed by atoms with Gasteiger partial charge in [-0.25, -0.2) is 9.38 Å². The summed E-state index contributed by atoms with van der Waals surface area (Å²) >= 11 is 0. The molecule has 0 fully saturated rings. The molecule has 0 radical (unpaired) electrons. The van der Waals surface area contributed by atoms with Crippen LogP contribution in [0.3, 0.4) is 0 Å². The van der Waals surface area contributed by atoms with E-state index in [4.69, 9.17) is 0 Å². The predicted octanol–water partition coefficient (Wildman–Crippen LogP) is 4.56. The van der Waals surface area contributed by atoms with Gasteiger partial charge in [-0.1, -0.05) is 18.2 Å². The van der Waals surface area contributed by atoms with Crippen LogP contribution in [0.2, 0.25) is 0 Å². The summed E-state index contributed by atoms with van der Waals surface area (Å²) in [5.41, 5.74) is 0.301. The molecule has 0 N–H and O–H groups in total. The van der Waals surface area contributed by atoms with E-state index in [0.29, 0.717) is 11.3 Å². The van der Waals surface area contributed by atoms with E-state index in [-0.39, 0.29) is 5.76 Å². The van der Waals surface area contributed by atoms with Crippen LogP contribution in [-0.2, 0) is 4.74 Å². The lowest BCUT2D eigenvalue weighted by atomic mass is 10.2. The molecular weight excluding hydrogens is 279 g/mol. The molecule has 0 unspecified atom stereocenters. The van der Waals surface area contributed by atoms with E-state index in [1.54, 1.807) is 30.3 Å². The average molecular weight is 289 g/mol. The van der Waals surface area contributed by atoms with Crippen molar-refractivity contribution in [1.82, 2.24) is 0 Å². The van der Waals surface area contributed by atoms with Gasteiger partial charge < -0.3 is 4.74 Å². The van der Waals surface area contributed by atoms with Gasteiger partial charge in [0.25, 0.3) is 0 Å². The number of aliphatic imine (C=N–C) groups is 1. The summed E-state index contributed by atoms with van der Waals surface area (Å²) in [6, 6.07) is 13.5. The summed E-state index contributed by atoms with van der Waals surface area (Å²) in [6.45, 7) is 0. The standard InChI is InChI=1S/C16H10F3NO/c17-12-8-6-11(7-9-12)14-10-15(16(18,19)21-14)20-13-4-2-1-3-5-13/h1-10H. The van der Waals surface area contributed by atoms with Gasteiger partial charge in [0.15, 0.2) is 5.71 Å². The van der Waals surface area contributed by atoms with E-state index in [1.165, 1.54) is 30.3 Å². The summed E-state index contributed by atoms with van der Waals surface area (Å²) in [4.78, 5) is 3.90. The maximum absolute atomic E-state index is 13.8. The molecule has 0 atom stereocenters. The zero-order chi connectivity index (χ0) is 14.9. The predicted molar refractivity (Wildman–Crippen MR) is 73.9 cm³/mol. The highest BCUT2D eigenvalue weighted by Gasteiger charge is 2.44. The number of nitrogens with zero attached hydrogens (tertiary/aromatic N) is 1. The Bertz CT molecular complexity index is 706. The van der Waals surface area contributed by atoms with Crippen molar-refractivity contribution < 1.29 is 17.9 Å². The summed E-state index contributed by atoms with van der Waals surface area (Å²) in [6.07, 6.45) is -2.33. The molecule has 0 aliphatic carbocycles. The van der Waals surface area contributed by atoms with Gasteiger partial charge >= 0.3 is 6.11 Å². The molecule has 1 aliphatic rings. The number of para-hydroxylation sites is 1. The SMILES string of the molecule is Fc1ccc(C2=CC(=Nc3ccccc3)C(F)(F)O2)cc1. The molecular formula is C16H10F3NO. The first-order chi connectivity index (χ1) is 10.0. The number of benzene rings is 2. The molecule has 1 aliphatic heterocycles. The Hall–Kier alpha value is -2.56. The van der Waals surface area contributed by atoms with E-state index < -0.39 is 17.6 Å². The molecule has 0 saturated heterocycles. The molecule has 3 rings (SSSR count). The second-order valence-electron chi connectivity index (χ2n) is 4.47. The molecule has 0 saturated carbocycles. The van der Waals surface area contributed by atoms with E-state index in [0.717, 1.165) is 0 Å². The van der Waals surface area contributed by atoms with Gasteiger partial charge in [-0.3, -0.25) is 0 Å². The Morgan fingerprint density at radius 1 is 0.905 bits per heavy atom. The zero-order valence-electron chi connectivity index (χ0n) is 10.8. The highest BCUT2D eigenvalue weighted by Crippen LogP contribution is 2.35. The van der Waals surface area contributed by atoms with Gasteiger partial charge in [0.1, 0.15) is 11.6 Å². The van der Waals surface area contributed by atoms with Crippen LogP contribution >= 0.6 is 0 Å². The van der Waals surface area contributed by atoms with Crippen LogP contribution in [0.15, 0.2) is 65.7 Å². The molecule has 0 spiro atoms. The number of ether oxygens (including phenoxy) is 1. The van der Waals surface area contributed by atoms with Crippen LogP contribution in [0.4, 0.5) is 18.9 Å². The Kier molecular flexibility index (Phi) is 3.25. The quantitative estimate of drug-likeness (QED) is 0.794. The molecule has 2 aromatic carbocycles. The third kappa shape index (κ3) is 2.81. The van der Waals surface area contributed by atoms with Crippen molar-refractivity contribution in [1.29, 1.82) is 0 Å². The smallest absolute Gasteiger partial charge is 0.427 e. The van der Waals surface area contributed by atoms with Crippen molar-refractivity contribution in [2.24, 2.45) is 4.99 Å². The van der Waals surface area contributed by atoms with Crippen molar-refractivity contribution in [2.75, 3.05) is 0 Å². The normalized spacial score (nSPS) is 18.4. The highest BCUT2D eigenvalue weighted by molar-refractivity contribution is 6.08. The fourth-order valence-electron chi connectivity index (χ4n) is 1.92. The van der Waals surface area contributed by atoms with E-state index in [2.05, 4.69) is 9.73 Å². The average Bonchev–Trinajstić information content (AvgIpc) is 2.76. The summed E-state index contributed by atoms with van der Waals surface area (Å²) in [5.74, 6) is -0.475. The van der Waals surface area contributed by atoms with E-state index >= 15 is 0 Å². The monoisotopic (exact) mass is 289 g/mol. The topological polar surface area (TPSA) is 21.6 Å². The van der Waals surface area contributed by atoms with Crippen molar-refractivity contribution in [3.8, 4) is 0 Å². The number of alkyl halides is 2. The summed E-state index contributed by atoms with van der Waals surface area (Å²) in [5, 5.41) is 0. The fraction of sp³-hybridized carbons (Fsp3) is 0.0625. The van der Waals surface area contributed by atoms with E-state index in [9.17, 15) is 13.2 Å². The second kappa shape index (κ2) is 5.09. The minimum Gasteiger partial charge on any atom is -0.427 e. The maximum atomic E-state index is 13.8. The third-order valence-corrected chi connectivity index (χ3v) is 2.94. The van der Waals surface area contributed by atoms with Crippen LogP contribution in [0.5, 0.6) is 0 Å². The second-order valence-corrected chi connectivity index (χ2v) is 4.47. The van der Waals surface area contributed by atoms with Crippen LogP contribution in [0.25, 0.3) is 5.76 Å². The van der Waals surface area contributed by atoms with Crippen LogP contribution in [0, 0.1) is 5.82 Å². The summed E-state index contributed by atoms with van der Waals surface area (Å²) in [7, 11) is 0. The first-order valence-corrected chi connectivity index (χ1v) is 6.23. The van der Waals surface area contributed by atoms with E-state index in [1.807, 2.05) is 0 Å². The van der Waals surface area contributed by atoms with Gasteiger partial charge in [0.2, 0.25) is 0 Å². The Balaban J connectivity index is 1.97. The lowest BCUT2D eigenvalue weighted by Gasteiger charge is -2.12. The molecule has 5 heteroatoms. The molecule has 0 amide bonds. The minimum atomic E-state index is -3.50. The van der Waals surface area contributed by atoms with Crippen molar-refractivity contribution in [2.45, 2.75) is 6.11 Å². The molecule has 2 nitrogen and oxygen atoms in total. The molecule has 1 heterocycles. The van der Waals surface area contributed by atoms with Gasteiger partial charge in [-0.15, -0.1) is 0 Å². The third-order valence-electron chi connectivity index (χ3n) is 2.94. The fourth-order valence-corrected chi connectivity index (χ4v) is 1.92. The maximum Gasteiger partial charge on any atom is 0.444 e. The van der Waals surface area contributed by atoms with Crippen molar-refractivity contribution in [3.05, 3.63) is 72.1 Å². The lowest BCUT2D eigenvalue weighted by Crippen LogP contribution is -2.24. The van der Waals surface area contributed by atoms with Gasteiger partial charge in [-0.05, 0) is 36.4 Å². The van der Waals surface area contributed by atoms with Crippen LogP contribution in [-0.4, -0.2) is 11.8 Å². The summed E-state index contributed by atoms with van der Waals surface area (Å²) < 4.78 is 45.2. The highest BCUT2D eigenvalue weighted by atomic mass is 19.3. The molecule has 106 valence electrons. The number of hydrogen-bond donors (Lipinski definition) is 0. The first-order valence-electron chi connectivity index (χ1n) is 6.23. The number of halogens is 3. The van der Waals surface area contributed by atoms with Gasteiger partial charge in [-0.2, -0.15) is 8.78 Å². The Morgan fingerprint density at radius 3 is 2.24 bits per heavy atom. The number of rotatable bonds is 2. The zero-order valence-corrected chi connectivity index (χ0v) is 10.8. The molecule has 0 bridgehead atoms. The van der Waals surface area contributed by atoms with Crippen LogP contribution < -0.4 is 0 Å².